The predicted molar refractivity (Wildman–Crippen MR) is 98.4 cm³/mol. The van der Waals surface area contributed by atoms with Crippen LogP contribution in [-0.2, 0) is 16.1 Å². The number of carbonyl (C=O) groups excluding carboxylic acids is 1. The average molecular weight is 364 g/mol. The lowest BCUT2D eigenvalue weighted by Crippen LogP contribution is -2.72. The summed E-state index contributed by atoms with van der Waals surface area (Å²) in [6.45, 7) is 8.56. The van der Waals surface area contributed by atoms with Crippen LogP contribution in [0.25, 0.3) is 0 Å². The van der Waals surface area contributed by atoms with Gasteiger partial charge in [-0.25, -0.2) is 4.98 Å². The molecule has 6 heteroatoms. The highest BCUT2D eigenvalue weighted by atomic mass is 32.1. The number of hydrogen-bond donors (Lipinski definition) is 0. The molecule has 1 spiro atoms. The maximum Gasteiger partial charge on any atom is 0.226 e. The summed E-state index contributed by atoms with van der Waals surface area (Å²) in [5.41, 5.74) is 1.24. The zero-order valence-electron chi connectivity index (χ0n) is 15.5. The fourth-order valence-corrected chi connectivity index (χ4v) is 5.04. The van der Waals surface area contributed by atoms with E-state index >= 15 is 0 Å². The van der Waals surface area contributed by atoms with Gasteiger partial charge in [-0.2, -0.15) is 0 Å². The van der Waals surface area contributed by atoms with E-state index in [1.807, 2.05) is 6.92 Å². The number of likely N-dealkylation sites (N-methyl/N-ethyl adjacent to an activating group) is 1. The van der Waals surface area contributed by atoms with Gasteiger partial charge in [-0.15, -0.1) is 11.3 Å². The number of carbonyl (C=O) groups is 1. The van der Waals surface area contributed by atoms with Crippen LogP contribution in [0.5, 0.6) is 0 Å². The molecule has 1 aliphatic carbocycles. The van der Waals surface area contributed by atoms with Crippen molar-refractivity contribution < 1.29 is 9.53 Å². The Balaban J connectivity index is 1.26. The van der Waals surface area contributed by atoms with E-state index in [1.54, 1.807) is 11.3 Å². The molecule has 4 rings (SSSR count). The summed E-state index contributed by atoms with van der Waals surface area (Å²) in [6, 6.07) is 0. The van der Waals surface area contributed by atoms with Crippen molar-refractivity contribution in [1.29, 1.82) is 0 Å². The largest absolute Gasteiger partial charge is 0.375 e. The van der Waals surface area contributed by atoms with E-state index in [0.29, 0.717) is 30.3 Å². The minimum absolute atomic E-state index is 0.192. The number of thiazole rings is 1. The zero-order chi connectivity index (χ0) is 17.6. The second kappa shape index (κ2) is 6.63. The van der Waals surface area contributed by atoms with E-state index in [2.05, 4.69) is 34.1 Å². The van der Waals surface area contributed by atoms with Crippen molar-refractivity contribution in [2.24, 2.45) is 17.8 Å². The molecule has 0 aromatic carbocycles. The molecule has 5 nitrogen and oxygen atoms in total. The summed E-state index contributed by atoms with van der Waals surface area (Å²) in [7, 11) is 2.22. The SMILES string of the molecule is Cc1nc(COC[C@@H]2CCN(C)C3(C2)CN(C(=O)[C@@H]2C[C@H]2C)C3)cs1. The molecule has 1 aromatic rings. The number of aryl methyl sites for hydroxylation is 1. The van der Waals surface area contributed by atoms with Crippen LogP contribution in [0.1, 0.15) is 36.9 Å². The molecule has 3 heterocycles. The van der Waals surface area contributed by atoms with Crippen LogP contribution in [0.15, 0.2) is 5.38 Å². The first-order valence-corrected chi connectivity index (χ1v) is 10.3. The Hall–Kier alpha value is -0.980. The summed E-state index contributed by atoms with van der Waals surface area (Å²) in [5, 5.41) is 3.18. The van der Waals surface area contributed by atoms with Crippen molar-refractivity contribution in [1.82, 2.24) is 14.8 Å². The van der Waals surface area contributed by atoms with Gasteiger partial charge in [0.05, 0.1) is 29.5 Å². The van der Waals surface area contributed by atoms with E-state index in [1.165, 1.54) is 6.42 Å². The van der Waals surface area contributed by atoms with Crippen molar-refractivity contribution in [3.63, 3.8) is 0 Å². The molecule has 0 bridgehead atoms. The lowest BCUT2D eigenvalue weighted by atomic mass is 9.75. The van der Waals surface area contributed by atoms with Gasteiger partial charge in [-0.3, -0.25) is 9.69 Å². The van der Waals surface area contributed by atoms with Crippen molar-refractivity contribution in [2.45, 2.75) is 45.3 Å². The first kappa shape index (κ1) is 17.4. The third kappa shape index (κ3) is 3.49. The van der Waals surface area contributed by atoms with Crippen LogP contribution in [0.4, 0.5) is 0 Å². The van der Waals surface area contributed by atoms with E-state index in [0.717, 1.165) is 49.8 Å². The number of ether oxygens (including phenoxy) is 1. The molecule has 3 atom stereocenters. The predicted octanol–water partition coefficient (Wildman–Crippen LogP) is 2.55. The molecule has 0 radical (unpaired) electrons. The van der Waals surface area contributed by atoms with Crippen LogP contribution in [0.2, 0.25) is 0 Å². The number of rotatable bonds is 5. The maximum atomic E-state index is 12.4. The minimum Gasteiger partial charge on any atom is -0.375 e. The Labute approximate surface area is 154 Å². The van der Waals surface area contributed by atoms with E-state index in [-0.39, 0.29) is 5.54 Å². The number of likely N-dealkylation sites (tertiary alicyclic amines) is 2. The molecular formula is C19H29N3O2S. The molecule has 2 aliphatic heterocycles. The summed E-state index contributed by atoms with van der Waals surface area (Å²) >= 11 is 1.68. The first-order chi connectivity index (χ1) is 12.0. The van der Waals surface area contributed by atoms with Gasteiger partial charge in [0.15, 0.2) is 0 Å². The van der Waals surface area contributed by atoms with Gasteiger partial charge < -0.3 is 9.64 Å². The summed E-state index contributed by atoms with van der Waals surface area (Å²) in [5.74, 6) is 1.90. The van der Waals surface area contributed by atoms with Crippen molar-refractivity contribution in [3.05, 3.63) is 16.1 Å². The number of hydrogen-bond acceptors (Lipinski definition) is 5. The van der Waals surface area contributed by atoms with Gasteiger partial charge in [0, 0.05) is 24.4 Å². The second-order valence-corrected chi connectivity index (χ2v) is 9.45. The van der Waals surface area contributed by atoms with E-state index in [9.17, 15) is 4.79 Å². The molecule has 138 valence electrons. The van der Waals surface area contributed by atoms with Crippen molar-refractivity contribution in [3.8, 4) is 0 Å². The van der Waals surface area contributed by atoms with E-state index in [4.69, 9.17) is 4.74 Å². The van der Waals surface area contributed by atoms with Crippen LogP contribution >= 0.6 is 11.3 Å². The Bertz CT molecular complexity index is 640. The molecule has 1 amide bonds. The monoisotopic (exact) mass is 363 g/mol. The molecule has 0 unspecified atom stereocenters. The second-order valence-electron chi connectivity index (χ2n) is 8.39. The third-order valence-corrected chi connectivity index (χ3v) is 7.15. The Kier molecular flexibility index (Phi) is 4.63. The van der Waals surface area contributed by atoms with Gasteiger partial charge in [-0.05, 0) is 51.6 Å². The van der Waals surface area contributed by atoms with Crippen molar-refractivity contribution in [2.75, 3.05) is 33.3 Å². The summed E-state index contributed by atoms with van der Waals surface area (Å²) < 4.78 is 5.95. The molecule has 2 saturated heterocycles. The van der Waals surface area contributed by atoms with Gasteiger partial charge in [0.1, 0.15) is 0 Å². The quantitative estimate of drug-likeness (QED) is 0.807. The summed E-state index contributed by atoms with van der Waals surface area (Å²) in [4.78, 5) is 21.4. The van der Waals surface area contributed by atoms with Gasteiger partial charge in [-0.1, -0.05) is 6.92 Å². The lowest BCUT2D eigenvalue weighted by molar-refractivity contribution is -0.152. The molecule has 1 aromatic heterocycles. The zero-order valence-corrected chi connectivity index (χ0v) is 16.3. The standard InChI is InChI=1S/C19H29N3O2S/c1-13-6-17(13)18(23)22-11-19(12-22)7-15(4-5-21(19)3)8-24-9-16-10-25-14(2)20-16/h10,13,15,17H,4-9,11-12H2,1-3H3/t13-,15-,17-/m1/s1. The average Bonchev–Trinajstić information content (AvgIpc) is 3.14. The number of piperidine rings is 1. The fraction of sp³-hybridized carbons (Fsp3) is 0.789. The van der Waals surface area contributed by atoms with Crippen molar-refractivity contribution >= 4 is 17.2 Å². The molecule has 3 aliphatic rings. The number of aromatic nitrogens is 1. The molecule has 3 fully saturated rings. The lowest BCUT2D eigenvalue weighted by Gasteiger charge is -2.58. The molecule has 1 saturated carbocycles. The highest BCUT2D eigenvalue weighted by Crippen LogP contribution is 2.44. The normalized spacial score (nSPS) is 31.2. The fourth-order valence-electron chi connectivity index (χ4n) is 4.45. The van der Waals surface area contributed by atoms with Crippen LogP contribution in [0.3, 0.4) is 0 Å². The highest BCUT2D eigenvalue weighted by molar-refractivity contribution is 7.09. The Morgan fingerprint density at radius 3 is 2.88 bits per heavy atom. The van der Waals surface area contributed by atoms with Gasteiger partial charge >= 0.3 is 0 Å². The topological polar surface area (TPSA) is 45.7 Å². The number of amides is 1. The van der Waals surface area contributed by atoms with Crippen LogP contribution in [0, 0.1) is 24.7 Å². The molecule has 25 heavy (non-hydrogen) atoms. The summed E-state index contributed by atoms with van der Waals surface area (Å²) in [6.07, 6.45) is 3.41. The third-order valence-electron chi connectivity index (χ3n) is 6.33. The van der Waals surface area contributed by atoms with Gasteiger partial charge in [0.2, 0.25) is 5.91 Å². The Morgan fingerprint density at radius 1 is 1.48 bits per heavy atom. The molecule has 0 N–H and O–H groups in total. The smallest absolute Gasteiger partial charge is 0.226 e. The molecular weight excluding hydrogens is 334 g/mol. The number of nitrogens with zero attached hydrogens (tertiary/aromatic N) is 3. The van der Waals surface area contributed by atoms with Crippen LogP contribution < -0.4 is 0 Å². The van der Waals surface area contributed by atoms with Crippen LogP contribution in [-0.4, -0.2) is 59.5 Å². The maximum absolute atomic E-state index is 12.4. The van der Waals surface area contributed by atoms with Gasteiger partial charge in [0.25, 0.3) is 0 Å². The minimum atomic E-state index is 0.192. The Morgan fingerprint density at radius 2 is 2.24 bits per heavy atom. The highest BCUT2D eigenvalue weighted by Gasteiger charge is 2.53. The van der Waals surface area contributed by atoms with E-state index < -0.39 is 0 Å². The first-order valence-electron chi connectivity index (χ1n) is 9.46.